The molecule has 0 radical (unpaired) electrons. The first kappa shape index (κ1) is 11.4. The molecule has 0 aliphatic carbocycles. The van der Waals surface area contributed by atoms with Gasteiger partial charge in [-0.25, -0.2) is 4.79 Å². The zero-order valence-electron chi connectivity index (χ0n) is 9.94. The standard InChI is InChI=1S/C11H16N2O2S/c1-11(2)6-13(4)7-5-12(3)8(10(14)15)9(7)16-11/h5H,6H2,1-4H3,(H,14,15). The molecular weight excluding hydrogens is 224 g/mol. The fourth-order valence-electron chi connectivity index (χ4n) is 2.17. The average molecular weight is 240 g/mol. The molecule has 0 unspecified atom stereocenters. The van der Waals surface area contributed by atoms with Gasteiger partial charge in [-0.3, -0.25) is 0 Å². The van der Waals surface area contributed by atoms with Crippen LogP contribution in [0.5, 0.6) is 0 Å². The Kier molecular flexibility index (Phi) is 2.45. The summed E-state index contributed by atoms with van der Waals surface area (Å²) >= 11 is 1.65. The predicted octanol–water partition coefficient (Wildman–Crippen LogP) is 2.04. The number of aromatic nitrogens is 1. The Balaban J connectivity index is 2.58. The first-order valence-corrected chi connectivity index (χ1v) is 5.96. The van der Waals surface area contributed by atoms with E-state index in [-0.39, 0.29) is 4.75 Å². The topological polar surface area (TPSA) is 45.5 Å². The highest BCUT2D eigenvalue weighted by Crippen LogP contribution is 2.46. The fraction of sp³-hybridized carbons (Fsp3) is 0.545. The zero-order chi connectivity index (χ0) is 12.1. The van der Waals surface area contributed by atoms with E-state index in [9.17, 15) is 9.90 Å². The number of thioether (sulfide) groups is 1. The van der Waals surface area contributed by atoms with E-state index in [0.29, 0.717) is 5.69 Å². The lowest BCUT2D eigenvalue weighted by atomic mass is 10.2. The lowest BCUT2D eigenvalue weighted by Crippen LogP contribution is -2.37. The van der Waals surface area contributed by atoms with E-state index < -0.39 is 5.97 Å². The maximum absolute atomic E-state index is 11.2. The second kappa shape index (κ2) is 3.45. The Hall–Kier alpha value is -1.10. The van der Waals surface area contributed by atoms with Gasteiger partial charge < -0.3 is 14.6 Å². The fourth-order valence-corrected chi connectivity index (χ4v) is 3.63. The highest BCUT2D eigenvalue weighted by atomic mass is 32.2. The van der Waals surface area contributed by atoms with Gasteiger partial charge >= 0.3 is 5.97 Å². The smallest absolute Gasteiger partial charge is 0.353 e. The Morgan fingerprint density at radius 2 is 2.12 bits per heavy atom. The molecule has 2 heterocycles. The molecule has 0 bridgehead atoms. The van der Waals surface area contributed by atoms with Gasteiger partial charge in [0.05, 0.1) is 10.6 Å². The third-order valence-corrected chi connectivity index (χ3v) is 4.01. The summed E-state index contributed by atoms with van der Waals surface area (Å²) < 4.78 is 1.74. The third kappa shape index (κ3) is 1.69. The summed E-state index contributed by atoms with van der Waals surface area (Å²) in [5, 5.41) is 9.21. The Morgan fingerprint density at radius 3 is 2.69 bits per heavy atom. The van der Waals surface area contributed by atoms with E-state index in [2.05, 4.69) is 18.7 Å². The van der Waals surface area contributed by atoms with Crippen LogP contribution < -0.4 is 4.90 Å². The predicted molar refractivity (Wildman–Crippen MR) is 65.6 cm³/mol. The minimum Gasteiger partial charge on any atom is -0.477 e. The van der Waals surface area contributed by atoms with Crippen molar-refractivity contribution in [3.05, 3.63) is 11.9 Å². The van der Waals surface area contributed by atoms with Crippen molar-refractivity contribution in [2.24, 2.45) is 7.05 Å². The van der Waals surface area contributed by atoms with Crippen molar-refractivity contribution in [1.82, 2.24) is 4.57 Å². The molecule has 1 aliphatic heterocycles. The Morgan fingerprint density at radius 1 is 1.50 bits per heavy atom. The van der Waals surface area contributed by atoms with Crippen LogP contribution in [0.2, 0.25) is 0 Å². The highest BCUT2D eigenvalue weighted by Gasteiger charge is 2.34. The first-order chi connectivity index (χ1) is 7.32. The second-order valence-electron chi connectivity index (χ2n) is 4.83. The number of carbonyl (C=O) groups is 1. The number of aryl methyl sites for hydroxylation is 1. The van der Waals surface area contributed by atoms with Crippen LogP contribution in [0.15, 0.2) is 11.1 Å². The van der Waals surface area contributed by atoms with Crippen LogP contribution >= 0.6 is 11.8 Å². The first-order valence-electron chi connectivity index (χ1n) is 5.14. The number of carboxylic acids is 1. The zero-order valence-corrected chi connectivity index (χ0v) is 10.8. The molecule has 0 spiro atoms. The van der Waals surface area contributed by atoms with Crippen LogP contribution in [-0.4, -0.2) is 34.0 Å². The Labute approximate surface area is 99.2 Å². The molecule has 0 atom stereocenters. The van der Waals surface area contributed by atoms with Gasteiger partial charge in [0.25, 0.3) is 0 Å². The van der Waals surface area contributed by atoms with Crippen LogP contribution in [-0.2, 0) is 7.05 Å². The van der Waals surface area contributed by atoms with E-state index in [0.717, 1.165) is 17.1 Å². The summed E-state index contributed by atoms with van der Waals surface area (Å²) in [6, 6.07) is 0. The van der Waals surface area contributed by atoms with Crippen molar-refractivity contribution in [1.29, 1.82) is 0 Å². The summed E-state index contributed by atoms with van der Waals surface area (Å²) in [7, 11) is 3.79. The molecule has 5 heteroatoms. The number of rotatable bonds is 1. The maximum atomic E-state index is 11.2. The van der Waals surface area contributed by atoms with Crippen LogP contribution in [0.1, 0.15) is 24.3 Å². The summed E-state index contributed by atoms with van der Waals surface area (Å²) in [4.78, 5) is 14.2. The van der Waals surface area contributed by atoms with E-state index in [1.165, 1.54) is 0 Å². The van der Waals surface area contributed by atoms with Crippen LogP contribution in [0.4, 0.5) is 5.69 Å². The Bertz CT molecular complexity index is 451. The molecule has 0 saturated carbocycles. The summed E-state index contributed by atoms with van der Waals surface area (Å²) in [5.41, 5.74) is 1.41. The molecule has 1 N–H and O–H groups in total. The summed E-state index contributed by atoms with van der Waals surface area (Å²) in [6.45, 7) is 5.19. The number of hydrogen-bond donors (Lipinski definition) is 1. The van der Waals surface area contributed by atoms with E-state index >= 15 is 0 Å². The lowest BCUT2D eigenvalue weighted by Gasteiger charge is -2.36. The molecule has 1 aromatic heterocycles. The van der Waals surface area contributed by atoms with Crippen molar-refractivity contribution in [2.45, 2.75) is 23.5 Å². The van der Waals surface area contributed by atoms with Crippen LogP contribution in [0.25, 0.3) is 0 Å². The normalized spacial score (nSPS) is 18.4. The molecule has 2 rings (SSSR count). The number of nitrogens with zero attached hydrogens (tertiary/aromatic N) is 2. The molecule has 88 valence electrons. The summed E-state index contributed by atoms with van der Waals surface area (Å²) in [5.74, 6) is -0.859. The van der Waals surface area contributed by atoms with Gasteiger partial charge in [0.2, 0.25) is 0 Å². The van der Waals surface area contributed by atoms with Crippen molar-refractivity contribution in [3.63, 3.8) is 0 Å². The van der Waals surface area contributed by atoms with Gasteiger partial charge in [0, 0.05) is 31.6 Å². The number of fused-ring (bicyclic) bond motifs is 1. The van der Waals surface area contributed by atoms with E-state index in [1.807, 2.05) is 13.2 Å². The number of carboxylic acid groups (broad SMARTS) is 1. The molecule has 0 fully saturated rings. The van der Waals surface area contributed by atoms with Gasteiger partial charge in [-0.2, -0.15) is 0 Å². The average Bonchev–Trinajstić information content (AvgIpc) is 2.39. The molecule has 0 amide bonds. The molecule has 16 heavy (non-hydrogen) atoms. The second-order valence-corrected chi connectivity index (χ2v) is 6.54. The third-order valence-electron chi connectivity index (χ3n) is 2.73. The van der Waals surface area contributed by atoms with Gasteiger partial charge in [0.1, 0.15) is 5.69 Å². The molecule has 0 aromatic carbocycles. The van der Waals surface area contributed by atoms with Crippen molar-refractivity contribution < 1.29 is 9.90 Å². The monoisotopic (exact) mass is 240 g/mol. The van der Waals surface area contributed by atoms with E-state index in [4.69, 9.17) is 0 Å². The van der Waals surface area contributed by atoms with Crippen LogP contribution in [0, 0.1) is 0 Å². The molecule has 0 saturated heterocycles. The summed E-state index contributed by atoms with van der Waals surface area (Å²) in [6.07, 6.45) is 1.89. The maximum Gasteiger partial charge on any atom is 0.353 e. The largest absolute Gasteiger partial charge is 0.477 e. The van der Waals surface area contributed by atoms with Gasteiger partial charge in [-0.05, 0) is 13.8 Å². The van der Waals surface area contributed by atoms with Crippen LogP contribution in [0.3, 0.4) is 0 Å². The van der Waals surface area contributed by atoms with Crippen molar-refractivity contribution in [2.75, 3.05) is 18.5 Å². The number of hydrogen-bond acceptors (Lipinski definition) is 3. The lowest BCUT2D eigenvalue weighted by molar-refractivity contribution is 0.0682. The highest BCUT2D eigenvalue weighted by molar-refractivity contribution is 8.01. The number of anilines is 1. The molecule has 4 nitrogen and oxygen atoms in total. The number of aromatic carboxylic acids is 1. The molecular formula is C11H16N2O2S. The SMILES string of the molecule is CN1CC(C)(C)Sc2c1cn(C)c2C(=O)O. The molecule has 1 aliphatic rings. The van der Waals surface area contributed by atoms with Crippen molar-refractivity contribution in [3.8, 4) is 0 Å². The van der Waals surface area contributed by atoms with Crippen molar-refractivity contribution >= 4 is 23.4 Å². The van der Waals surface area contributed by atoms with Gasteiger partial charge in [0.15, 0.2) is 0 Å². The molecule has 1 aromatic rings. The quantitative estimate of drug-likeness (QED) is 0.816. The minimum absolute atomic E-state index is 0.0489. The van der Waals surface area contributed by atoms with E-state index in [1.54, 1.807) is 23.4 Å². The van der Waals surface area contributed by atoms with Gasteiger partial charge in [-0.1, -0.05) is 0 Å². The van der Waals surface area contributed by atoms with Gasteiger partial charge in [-0.15, -0.1) is 11.8 Å². The minimum atomic E-state index is -0.859.